The summed E-state index contributed by atoms with van der Waals surface area (Å²) in [7, 11) is 0. The fraction of sp³-hybridized carbons (Fsp3) is 0.0448. The van der Waals surface area contributed by atoms with Crippen LogP contribution in [0.1, 0.15) is 25.0 Å². The zero-order valence-electron chi connectivity index (χ0n) is 39.4. The van der Waals surface area contributed by atoms with Gasteiger partial charge in [0.05, 0.1) is 11.0 Å². The Hall–Kier alpha value is -8.70. The first-order valence-corrected chi connectivity index (χ1v) is 25.3. The predicted molar refractivity (Wildman–Crippen MR) is 304 cm³/mol. The van der Waals surface area contributed by atoms with Gasteiger partial charge in [0.15, 0.2) is 0 Å². The largest absolute Gasteiger partial charge is 0.310 e. The van der Waals surface area contributed by atoms with Crippen LogP contribution in [0.25, 0.3) is 80.7 Å². The van der Waals surface area contributed by atoms with E-state index in [1.807, 2.05) is 11.3 Å². The van der Waals surface area contributed by atoms with E-state index < -0.39 is 0 Å². The minimum Gasteiger partial charge on any atom is -0.310 e. The maximum atomic E-state index is 2.50. The van der Waals surface area contributed by atoms with Crippen molar-refractivity contribution in [2.45, 2.75) is 19.3 Å². The lowest BCUT2D eigenvalue weighted by Gasteiger charge is -2.31. The van der Waals surface area contributed by atoms with Crippen molar-refractivity contribution in [1.82, 2.24) is 4.57 Å². The first-order chi connectivity index (χ1) is 34.9. The highest BCUT2D eigenvalue weighted by molar-refractivity contribution is 7.25. The summed E-state index contributed by atoms with van der Waals surface area (Å²) in [4.78, 5) is 4.89. The van der Waals surface area contributed by atoms with Crippen LogP contribution in [0.5, 0.6) is 0 Å². The Kier molecular flexibility index (Phi) is 9.42. The summed E-state index contributed by atoms with van der Waals surface area (Å²) in [5, 5.41) is 7.48. The highest BCUT2D eigenvalue weighted by Gasteiger charge is 2.36. The summed E-state index contributed by atoms with van der Waals surface area (Å²) in [6.07, 6.45) is 0. The molecule has 0 radical (unpaired) electrons. The van der Waals surface area contributed by atoms with Crippen molar-refractivity contribution in [3.63, 3.8) is 0 Å². The van der Waals surface area contributed by atoms with Crippen molar-refractivity contribution in [1.29, 1.82) is 0 Å². The number of rotatable bonds is 8. The number of anilines is 6. The van der Waals surface area contributed by atoms with Gasteiger partial charge in [-0.1, -0.05) is 153 Å². The monoisotopic (exact) mass is 925 g/mol. The van der Waals surface area contributed by atoms with Crippen LogP contribution in [-0.4, -0.2) is 4.57 Å². The van der Waals surface area contributed by atoms with Gasteiger partial charge in [-0.25, -0.2) is 0 Å². The quantitative estimate of drug-likeness (QED) is 0.150. The van der Waals surface area contributed by atoms with Gasteiger partial charge in [-0.3, -0.25) is 0 Å². The second kappa shape index (κ2) is 16.2. The van der Waals surface area contributed by atoms with Crippen LogP contribution in [-0.2, 0) is 5.41 Å². The summed E-state index contributed by atoms with van der Waals surface area (Å²) in [5.74, 6) is 0. The third kappa shape index (κ3) is 6.71. The van der Waals surface area contributed by atoms with E-state index >= 15 is 0 Å². The van der Waals surface area contributed by atoms with E-state index in [1.54, 1.807) is 0 Å². The van der Waals surface area contributed by atoms with Crippen molar-refractivity contribution >= 4 is 98.2 Å². The fourth-order valence-electron chi connectivity index (χ4n) is 11.5. The minimum atomic E-state index is -0.177. The molecule has 0 aliphatic heterocycles. The van der Waals surface area contributed by atoms with E-state index in [4.69, 9.17) is 0 Å². The fourth-order valence-corrected chi connectivity index (χ4v) is 12.6. The van der Waals surface area contributed by atoms with Crippen LogP contribution in [0.15, 0.2) is 249 Å². The van der Waals surface area contributed by atoms with Crippen molar-refractivity contribution in [2.75, 3.05) is 9.80 Å². The lowest BCUT2D eigenvalue weighted by Crippen LogP contribution is -2.17. The molecular weight excluding hydrogens is 879 g/mol. The average Bonchev–Trinajstić information content (AvgIpc) is 4.03. The standard InChI is InChI=1S/C67H47N3S/c1-67(2)61-28-16-14-26-55(61)56-34-31-52(43-62(56)67)69(51-32-35-66-60(42-51)58-27-15-17-29-65(58)71-66)54-37-47(36-53(41-54)68(48-20-6-3-7-21-48)49-22-8-4-9-23-49)46-30-33-57-59-38-44-18-12-13-19-45(44)39-64(59)70(63(57)40-46)50-24-10-5-11-25-50/h3-43H,1-2H3. The third-order valence-electron chi connectivity index (χ3n) is 14.9. The van der Waals surface area contributed by atoms with Crippen LogP contribution >= 0.6 is 11.3 Å². The number of nitrogens with zero attached hydrogens (tertiary/aromatic N) is 3. The summed E-state index contributed by atoms with van der Waals surface area (Å²) >= 11 is 1.86. The average molecular weight is 926 g/mol. The summed E-state index contributed by atoms with van der Waals surface area (Å²) in [6.45, 7) is 4.75. The van der Waals surface area contributed by atoms with Gasteiger partial charge in [0.25, 0.3) is 0 Å². The molecule has 336 valence electrons. The van der Waals surface area contributed by atoms with Crippen molar-refractivity contribution in [2.24, 2.45) is 0 Å². The second-order valence-corrected chi connectivity index (χ2v) is 20.5. The van der Waals surface area contributed by atoms with Crippen LogP contribution in [0.2, 0.25) is 0 Å². The zero-order valence-corrected chi connectivity index (χ0v) is 40.2. The van der Waals surface area contributed by atoms with E-state index in [-0.39, 0.29) is 5.41 Å². The van der Waals surface area contributed by atoms with Gasteiger partial charge < -0.3 is 14.4 Å². The molecule has 0 saturated heterocycles. The Morgan fingerprint density at radius 3 is 1.68 bits per heavy atom. The molecule has 0 amide bonds. The molecule has 71 heavy (non-hydrogen) atoms. The molecule has 11 aromatic carbocycles. The number of hydrogen-bond donors (Lipinski definition) is 0. The van der Waals surface area contributed by atoms with Crippen molar-refractivity contribution < 1.29 is 0 Å². The molecule has 0 N–H and O–H groups in total. The Balaban J connectivity index is 1.05. The maximum Gasteiger partial charge on any atom is 0.0547 e. The highest BCUT2D eigenvalue weighted by atomic mass is 32.1. The number of thiophene rings is 1. The van der Waals surface area contributed by atoms with Gasteiger partial charge in [0.2, 0.25) is 0 Å². The lowest BCUT2D eigenvalue weighted by molar-refractivity contribution is 0.660. The third-order valence-corrected chi connectivity index (χ3v) is 16.0. The number of para-hydroxylation sites is 3. The van der Waals surface area contributed by atoms with Crippen molar-refractivity contribution in [3.8, 4) is 27.9 Å². The Morgan fingerprint density at radius 2 is 0.915 bits per heavy atom. The molecule has 0 atom stereocenters. The van der Waals surface area contributed by atoms with Gasteiger partial charge in [-0.05, 0) is 153 Å². The molecule has 2 heterocycles. The predicted octanol–water partition coefficient (Wildman–Crippen LogP) is 19.2. The Bertz CT molecular complexity index is 4170. The summed E-state index contributed by atoms with van der Waals surface area (Å²) in [5.41, 5.74) is 17.4. The molecular formula is C67H47N3S. The number of benzene rings is 11. The molecule has 0 unspecified atom stereocenters. The topological polar surface area (TPSA) is 11.4 Å². The van der Waals surface area contributed by atoms with Crippen molar-refractivity contribution in [3.05, 3.63) is 260 Å². The normalized spacial score (nSPS) is 12.8. The Morgan fingerprint density at radius 1 is 0.338 bits per heavy atom. The van der Waals surface area contributed by atoms with Crippen LogP contribution in [0.4, 0.5) is 34.1 Å². The maximum absolute atomic E-state index is 2.50. The van der Waals surface area contributed by atoms with Gasteiger partial charge in [0, 0.05) is 76.2 Å². The molecule has 0 saturated carbocycles. The van der Waals surface area contributed by atoms with Gasteiger partial charge in [-0.15, -0.1) is 11.3 Å². The van der Waals surface area contributed by atoms with E-state index in [2.05, 4.69) is 277 Å². The minimum absolute atomic E-state index is 0.177. The van der Waals surface area contributed by atoms with Gasteiger partial charge in [0.1, 0.15) is 0 Å². The van der Waals surface area contributed by atoms with Crippen LogP contribution in [0.3, 0.4) is 0 Å². The lowest BCUT2D eigenvalue weighted by atomic mass is 9.82. The van der Waals surface area contributed by atoms with E-state index in [9.17, 15) is 0 Å². The van der Waals surface area contributed by atoms with Gasteiger partial charge >= 0.3 is 0 Å². The van der Waals surface area contributed by atoms with E-state index in [0.717, 1.165) is 50.9 Å². The molecule has 0 bridgehead atoms. The summed E-state index contributed by atoms with van der Waals surface area (Å²) < 4.78 is 5.03. The molecule has 0 fully saturated rings. The summed E-state index contributed by atoms with van der Waals surface area (Å²) in [6, 6.07) is 92.0. The number of hydrogen-bond acceptors (Lipinski definition) is 3. The molecule has 14 rings (SSSR count). The van der Waals surface area contributed by atoms with E-state index in [0.29, 0.717) is 0 Å². The molecule has 4 heteroatoms. The smallest absolute Gasteiger partial charge is 0.0547 e. The first kappa shape index (κ1) is 41.3. The molecule has 1 aliphatic rings. The SMILES string of the molecule is CC1(C)c2ccccc2-c2ccc(N(c3cc(-c4ccc5c6cc7ccccc7cc6n(-c6ccccc6)c5c4)cc(N(c4ccccc4)c4ccccc4)c3)c3ccc4sc5ccccc5c4c3)cc21. The zero-order chi connectivity index (χ0) is 47.2. The second-order valence-electron chi connectivity index (χ2n) is 19.4. The van der Waals surface area contributed by atoms with E-state index in [1.165, 1.54) is 75.0 Å². The highest BCUT2D eigenvalue weighted by Crippen LogP contribution is 2.52. The number of fused-ring (bicyclic) bond motifs is 10. The molecule has 1 aliphatic carbocycles. The molecule has 2 aromatic heterocycles. The Labute approximate surface area is 417 Å². The number of aromatic nitrogens is 1. The molecule has 3 nitrogen and oxygen atoms in total. The molecule has 13 aromatic rings. The van der Waals surface area contributed by atoms with Crippen LogP contribution in [0, 0.1) is 0 Å². The first-order valence-electron chi connectivity index (χ1n) is 24.5. The van der Waals surface area contributed by atoms with Crippen LogP contribution < -0.4 is 9.80 Å². The molecule has 0 spiro atoms. The van der Waals surface area contributed by atoms with Gasteiger partial charge in [-0.2, -0.15) is 0 Å².